The molecular formula is C15H14N6O. The Bertz CT molecular complexity index is 892. The van der Waals surface area contributed by atoms with Gasteiger partial charge in [0, 0.05) is 0 Å². The van der Waals surface area contributed by atoms with Crippen LogP contribution in [-0.2, 0) is 0 Å². The molecule has 3 rings (SSSR count). The van der Waals surface area contributed by atoms with Gasteiger partial charge < -0.3 is 11.5 Å². The maximum atomic E-state index is 11.9. The number of amides is 1. The fourth-order valence-electron chi connectivity index (χ4n) is 2.16. The van der Waals surface area contributed by atoms with Gasteiger partial charge in [0.15, 0.2) is 11.7 Å². The van der Waals surface area contributed by atoms with E-state index in [0.29, 0.717) is 5.69 Å². The van der Waals surface area contributed by atoms with E-state index < -0.39 is 5.91 Å². The molecule has 110 valence electrons. The Hall–Kier alpha value is -3.22. The number of hydrogen-bond acceptors (Lipinski definition) is 3. The van der Waals surface area contributed by atoms with Crippen LogP contribution in [0.25, 0.3) is 16.5 Å². The van der Waals surface area contributed by atoms with Crippen molar-refractivity contribution in [2.24, 2.45) is 16.5 Å². The zero-order valence-corrected chi connectivity index (χ0v) is 11.9. The molecule has 7 heteroatoms. The smallest absolute Gasteiger partial charge is 0.302 e. The minimum Gasteiger partial charge on any atom is -0.370 e. The van der Waals surface area contributed by atoms with Crippen molar-refractivity contribution < 1.29 is 4.79 Å². The van der Waals surface area contributed by atoms with Crippen LogP contribution in [0.2, 0.25) is 0 Å². The van der Waals surface area contributed by atoms with Gasteiger partial charge in [0.25, 0.3) is 0 Å². The van der Waals surface area contributed by atoms with E-state index in [0.717, 1.165) is 16.5 Å². The summed E-state index contributed by atoms with van der Waals surface area (Å²) in [4.78, 5) is 16.8. The van der Waals surface area contributed by atoms with Gasteiger partial charge in [0.05, 0.1) is 11.4 Å². The maximum Gasteiger partial charge on any atom is 0.302 e. The predicted octanol–water partition coefficient (Wildman–Crippen LogP) is 1.14. The van der Waals surface area contributed by atoms with Crippen LogP contribution in [0.3, 0.4) is 0 Å². The van der Waals surface area contributed by atoms with Gasteiger partial charge >= 0.3 is 5.91 Å². The van der Waals surface area contributed by atoms with Crippen molar-refractivity contribution >= 4 is 22.6 Å². The summed E-state index contributed by atoms with van der Waals surface area (Å²) in [5.74, 6) is -0.908. The van der Waals surface area contributed by atoms with E-state index >= 15 is 0 Å². The molecule has 2 aromatic carbocycles. The lowest BCUT2D eigenvalue weighted by Gasteiger charge is -2.02. The molecule has 0 aliphatic carbocycles. The average molecular weight is 294 g/mol. The summed E-state index contributed by atoms with van der Waals surface area (Å²) in [6.45, 7) is 1.68. The second kappa shape index (κ2) is 5.28. The van der Waals surface area contributed by atoms with Crippen LogP contribution in [0.5, 0.6) is 0 Å². The molecule has 3 aromatic rings. The molecule has 0 aliphatic heterocycles. The molecule has 7 nitrogen and oxygen atoms in total. The molecule has 0 spiro atoms. The third kappa shape index (κ3) is 2.51. The average Bonchev–Trinajstić information content (AvgIpc) is 2.88. The zero-order chi connectivity index (χ0) is 15.7. The minimum atomic E-state index is -0.607. The van der Waals surface area contributed by atoms with Gasteiger partial charge in [0.2, 0.25) is 0 Å². The van der Waals surface area contributed by atoms with Gasteiger partial charge in [-0.2, -0.15) is 14.9 Å². The van der Waals surface area contributed by atoms with Crippen molar-refractivity contribution in [1.29, 1.82) is 0 Å². The Kier molecular flexibility index (Phi) is 3.30. The lowest BCUT2D eigenvalue weighted by Crippen LogP contribution is -2.24. The largest absolute Gasteiger partial charge is 0.370 e. The van der Waals surface area contributed by atoms with E-state index in [-0.39, 0.29) is 11.7 Å². The van der Waals surface area contributed by atoms with Crippen LogP contribution >= 0.6 is 0 Å². The number of nitrogens with zero attached hydrogens (tertiary/aromatic N) is 4. The monoisotopic (exact) mass is 294 g/mol. The van der Waals surface area contributed by atoms with Crippen molar-refractivity contribution in [1.82, 2.24) is 15.0 Å². The van der Waals surface area contributed by atoms with Gasteiger partial charge in [-0.3, -0.25) is 4.79 Å². The molecule has 0 radical (unpaired) electrons. The third-order valence-electron chi connectivity index (χ3n) is 3.18. The number of carbonyl (C=O) groups excluding carboxylic acids is 1. The Morgan fingerprint density at radius 1 is 1.09 bits per heavy atom. The highest BCUT2D eigenvalue weighted by Crippen LogP contribution is 2.18. The van der Waals surface area contributed by atoms with E-state index in [1.807, 2.05) is 42.5 Å². The summed E-state index contributed by atoms with van der Waals surface area (Å²) in [6.07, 6.45) is 0. The van der Waals surface area contributed by atoms with Crippen molar-refractivity contribution in [3.05, 3.63) is 53.9 Å². The molecule has 0 atom stereocenters. The van der Waals surface area contributed by atoms with E-state index in [4.69, 9.17) is 11.5 Å². The molecule has 0 saturated heterocycles. The Morgan fingerprint density at radius 2 is 1.82 bits per heavy atom. The number of carbonyl (C=O) groups is 1. The predicted molar refractivity (Wildman–Crippen MR) is 83.7 cm³/mol. The quantitative estimate of drug-likeness (QED) is 0.543. The van der Waals surface area contributed by atoms with Gasteiger partial charge in [-0.15, -0.1) is 5.10 Å². The number of nitrogens with two attached hydrogens (primary N) is 2. The summed E-state index contributed by atoms with van der Waals surface area (Å²) >= 11 is 0. The molecule has 0 fully saturated rings. The molecule has 0 unspecified atom stereocenters. The normalized spacial score (nSPS) is 10.6. The fraction of sp³-hybridized carbons (Fsp3) is 0.0667. The zero-order valence-electron chi connectivity index (χ0n) is 11.9. The molecule has 0 aliphatic rings. The standard InChI is InChI=1S/C15H14N6O/c1-9-13(14(22)18-15(16)17)20-21(19-9)12-7-6-10-4-2-3-5-11(10)8-12/h2-8H,1H3,(H4,16,17,18,22). The van der Waals surface area contributed by atoms with E-state index in [9.17, 15) is 4.79 Å². The number of rotatable bonds is 2. The van der Waals surface area contributed by atoms with E-state index in [2.05, 4.69) is 15.2 Å². The number of guanidine groups is 1. The number of aromatic nitrogens is 3. The summed E-state index contributed by atoms with van der Waals surface area (Å²) in [7, 11) is 0. The SMILES string of the molecule is Cc1nn(-c2ccc3ccccc3c2)nc1C(=O)N=C(N)N. The van der Waals surface area contributed by atoms with Crippen LogP contribution in [0.15, 0.2) is 47.5 Å². The summed E-state index contributed by atoms with van der Waals surface area (Å²) in [6, 6.07) is 13.8. The van der Waals surface area contributed by atoms with Gasteiger partial charge in [-0.25, -0.2) is 0 Å². The second-order valence-corrected chi connectivity index (χ2v) is 4.80. The molecular weight excluding hydrogens is 280 g/mol. The van der Waals surface area contributed by atoms with Crippen LogP contribution in [0.1, 0.15) is 16.2 Å². The maximum absolute atomic E-state index is 11.9. The van der Waals surface area contributed by atoms with Crippen LogP contribution < -0.4 is 11.5 Å². The Labute approximate surface area is 126 Å². The third-order valence-corrected chi connectivity index (χ3v) is 3.18. The molecule has 4 N–H and O–H groups in total. The Balaban J connectivity index is 2.04. The molecule has 22 heavy (non-hydrogen) atoms. The summed E-state index contributed by atoms with van der Waals surface area (Å²) in [5.41, 5.74) is 11.8. The van der Waals surface area contributed by atoms with Crippen molar-refractivity contribution in [3.63, 3.8) is 0 Å². The second-order valence-electron chi connectivity index (χ2n) is 4.80. The molecule has 1 aromatic heterocycles. The Morgan fingerprint density at radius 3 is 2.55 bits per heavy atom. The summed E-state index contributed by atoms with van der Waals surface area (Å²) in [5, 5.41) is 10.6. The lowest BCUT2D eigenvalue weighted by molar-refractivity contribution is 0.0997. The molecule has 1 heterocycles. The number of benzene rings is 2. The van der Waals surface area contributed by atoms with Crippen molar-refractivity contribution in [3.8, 4) is 5.69 Å². The first-order valence-electron chi connectivity index (χ1n) is 6.61. The summed E-state index contributed by atoms with van der Waals surface area (Å²) < 4.78 is 0. The van der Waals surface area contributed by atoms with Gasteiger partial charge in [0.1, 0.15) is 0 Å². The van der Waals surface area contributed by atoms with Crippen molar-refractivity contribution in [2.75, 3.05) is 0 Å². The van der Waals surface area contributed by atoms with Crippen molar-refractivity contribution in [2.45, 2.75) is 6.92 Å². The van der Waals surface area contributed by atoms with Gasteiger partial charge in [-0.05, 0) is 29.8 Å². The van der Waals surface area contributed by atoms with E-state index in [1.165, 1.54) is 4.80 Å². The fourth-order valence-corrected chi connectivity index (χ4v) is 2.16. The highest BCUT2D eigenvalue weighted by atomic mass is 16.1. The van der Waals surface area contributed by atoms with Crippen LogP contribution in [0, 0.1) is 6.92 Å². The van der Waals surface area contributed by atoms with Gasteiger partial charge in [-0.1, -0.05) is 30.3 Å². The first-order valence-corrected chi connectivity index (χ1v) is 6.61. The number of fused-ring (bicyclic) bond motifs is 1. The van der Waals surface area contributed by atoms with Crippen LogP contribution in [-0.4, -0.2) is 26.9 Å². The number of hydrogen-bond donors (Lipinski definition) is 2. The highest BCUT2D eigenvalue weighted by molar-refractivity contribution is 6.01. The molecule has 1 amide bonds. The first kappa shape index (κ1) is 13.7. The first-order chi connectivity index (χ1) is 10.5. The number of aryl methyl sites for hydroxylation is 1. The van der Waals surface area contributed by atoms with Crippen LogP contribution in [0.4, 0.5) is 0 Å². The number of aliphatic imine (C=N–C) groups is 1. The molecule has 0 bridgehead atoms. The topological polar surface area (TPSA) is 112 Å². The highest BCUT2D eigenvalue weighted by Gasteiger charge is 2.16. The lowest BCUT2D eigenvalue weighted by atomic mass is 10.1. The van der Waals surface area contributed by atoms with E-state index in [1.54, 1.807) is 6.92 Å². The minimum absolute atomic E-state index is 0.126. The molecule has 0 saturated carbocycles.